The van der Waals surface area contributed by atoms with Crippen molar-refractivity contribution >= 4 is 0 Å². The molecule has 38 heavy (non-hydrogen) atoms. The molecular weight excluding hydrogens is 478 g/mol. The molecular formula is C29H39N7O2. The summed E-state index contributed by atoms with van der Waals surface area (Å²) >= 11 is 0. The molecule has 0 aliphatic heterocycles. The second-order valence-corrected chi connectivity index (χ2v) is 9.74. The van der Waals surface area contributed by atoms with Gasteiger partial charge in [-0.25, -0.2) is 9.67 Å². The summed E-state index contributed by atoms with van der Waals surface area (Å²) < 4.78 is 14.7. The largest absolute Gasteiger partial charge is 0.343 e. The maximum Gasteiger partial charge on any atom is 0.232 e. The Hall–Kier alpha value is -3.43. The lowest BCUT2D eigenvalue weighted by Crippen LogP contribution is -2.35. The summed E-state index contributed by atoms with van der Waals surface area (Å²) in [5.41, 5.74) is 4.22. The SMILES string of the molecule is CCCOC(CCC)(OCCC)c1nc(Cc2ccc(-c3ccccc3-c3nn[nH]n3)cc2)n(C(C)C)n1. The molecule has 2 aromatic heterocycles. The van der Waals surface area contributed by atoms with E-state index in [0.717, 1.165) is 47.3 Å². The van der Waals surface area contributed by atoms with E-state index in [9.17, 15) is 0 Å². The molecule has 2 heterocycles. The summed E-state index contributed by atoms with van der Waals surface area (Å²) in [6.07, 6.45) is 4.08. The number of nitrogens with one attached hydrogen (secondary N) is 1. The molecule has 4 aromatic rings. The van der Waals surface area contributed by atoms with Crippen molar-refractivity contribution in [2.45, 2.75) is 78.6 Å². The molecule has 0 spiro atoms. The van der Waals surface area contributed by atoms with Crippen LogP contribution in [0.5, 0.6) is 0 Å². The van der Waals surface area contributed by atoms with Crippen molar-refractivity contribution in [2.75, 3.05) is 13.2 Å². The Balaban J connectivity index is 1.63. The van der Waals surface area contributed by atoms with Gasteiger partial charge in [-0.15, -0.1) is 15.3 Å². The van der Waals surface area contributed by atoms with Gasteiger partial charge in [0.15, 0.2) is 0 Å². The number of hydrogen-bond acceptors (Lipinski definition) is 7. The van der Waals surface area contributed by atoms with Gasteiger partial charge in [0.1, 0.15) is 5.82 Å². The molecule has 0 atom stereocenters. The zero-order chi connectivity index (χ0) is 27.0. The summed E-state index contributed by atoms with van der Waals surface area (Å²) in [6.45, 7) is 11.8. The molecule has 4 rings (SSSR count). The average Bonchev–Trinajstić information content (AvgIpc) is 3.62. The summed E-state index contributed by atoms with van der Waals surface area (Å²) in [6, 6.07) is 16.8. The molecule has 202 valence electrons. The minimum absolute atomic E-state index is 0.157. The van der Waals surface area contributed by atoms with E-state index < -0.39 is 5.79 Å². The molecule has 0 aliphatic rings. The highest BCUT2D eigenvalue weighted by atomic mass is 16.7. The lowest BCUT2D eigenvalue weighted by molar-refractivity contribution is -0.256. The Labute approximate surface area is 225 Å². The third-order valence-electron chi connectivity index (χ3n) is 6.33. The number of nitrogens with zero attached hydrogens (tertiary/aromatic N) is 6. The Kier molecular flexibility index (Phi) is 9.36. The zero-order valence-electron chi connectivity index (χ0n) is 23.1. The van der Waals surface area contributed by atoms with E-state index in [1.807, 2.05) is 22.9 Å². The number of hydrogen-bond donors (Lipinski definition) is 1. The normalized spacial score (nSPS) is 11.9. The van der Waals surface area contributed by atoms with Gasteiger partial charge in [-0.05, 0) is 48.6 Å². The van der Waals surface area contributed by atoms with Crippen molar-refractivity contribution in [3.05, 3.63) is 65.7 Å². The molecule has 2 aromatic carbocycles. The number of tetrazole rings is 1. The van der Waals surface area contributed by atoms with Crippen molar-refractivity contribution in [2.24, 2.45) is 0 Å². The van der Waals surface area contributed by atoms with Crippen LogP contribution in [0.1, 0.15) is 83.6 Å². The first-order chi connectivity index (χ1) is 18.5. The van der Waals surface area contributed by atoms with Crippen molar-refractivity contribution < 1.29 is 9.47 Å². The summed E-state index contributed by atoms with van der Waals surface area (Å²) in [5, 5.41) is 19.5. The number of rotatable bonds is 14. The molecule has 0 radical (unpaired) electrons. The maximum absolute atomic E-state index is 6.33. The van der Waals surface area contributed by atoms with Crippen molar-refractivity contribution in [3.8, 4) is 22.5 Å². The van der Waals surface area contributed by atoms with E-state index >= 15 is 0 Å². The average molecular weight is 518 g/mol. The van der Waals surface area contributed by atoms with E-state index in [2.05, 4.69) is 85.6 Å². The number of ether oxygens (including phenoxy) is 2. The van der Waals surface area contributed by atoms with Crippen LogP contribution >= 0.6 is 0 Å². The lowest BCUT2D eigenvalue weighted by atomic mass is 9.98. The van der Waals surface area contributed by atoms with E-state index in [1.165, 1.54) is 0 Å². The molecule has 0 amide bonds. The fraction of sp³-hybridized carbons (Fsp3) is 0.483. The first-order valence-corrected chi connectivity index (χ1v) is 13.7. The van der Waals surface area contributed by atoms with Crippen LogP contribution in [0.4, 0.5) is 0 Å². The van der Waals surface area contributed by atoms with E-state index in [0.29, 0.717) is 37.7 Å². The van der Waals surface area contributed by atoms with Gasteiger partial charge in [0.2, 0.25) is 17.4 Å². The zero-order valence-corrected chi connectivity index (χ0v) is 23.1. The molecule has 0 aliphatic carbocycles. The smallest absolute Gasteiger partial charge is 0.232 e. The topological polar surface area (TPSA) is 104 Å². The van der Waals surface area contributed by atoms with Gasteiger partial charge in [0.05, 0.1) is 13.2 Å². The second kappa shape index (κ2) is 12.9. The molecule has 0 saturated heterocycles. The van der Waals surface area contributed by atoms with Gasteiger partial charge in [-0.2, -0.15) is 5.21 Å². The van der Waals surface area contributed by atoms with Crippen LogP contribution in [0.25, 0.3) is 22.5 Å². The highest BCUT2D eigenvalue weighted by molar-refractivity contribution is 5.80. The van der Waals surface area contributed by atoms with Gasteiger partial charge in [0, 0.05) is 24.4 Å². The minimum atomic E-state index is -0.918. The van der Waals surface area contributed by atoms with Crippen molar-refractivity contribution in [1.29, 1.82) is 0 Å². The van der Waals surface area contributed by atoms with Crippen LogP contribution in [-0.2, 0) is 21.7 Å². The summed E-state index contributed by atoms with van der Waals surface area (Å²) in [4.78, 5) is 5.03. The quantitative estimate of drug-likeness (QED) is 0.201. The Morgan fingerprint density at radius 3 is 2.16 bits per heavy atom. The Bertz CT molecular complexity index is 1260. The predicted molar refractivity (Wildman–Crippen MR) is 147 cm³/mol. The van der Waals surface area contributed by atoms with Crippen LogP contribution in [-0.4, -0.2) is 48.6 Å². The predicted octanol–water partition coefficient (Wildman–Crippen LogP) is 6.10. The first-order valence-electron chi connectivity index (χ1n) is 13.7. The van der Waals surface area contributed by atoms with Gasteiger partial charge in [0.25, 0.3) is 0 Å². The highest BCUT2D eigenvalue weighted by Crippen LogP contribution is 2.33. The molecule has 0 unspecified atom stereocenters. The summed E-state index contributed by atoms with van der Waals surface area (Å²) in [7, 11) is 0. The van der Waals surface area contributed by atoms with Crippen LogP contribution in [0.2, 0.25) is 0 Å². The minimum Gasteiger partial charge on any atom is -0.343 e. The third-order valence-corrected chi connectivity index (χ3v) is 6.33. The molecule has 0 fully saturated rings. The van der Waals surface area contributed by atoms with Crippen LogP contribution in [0.15, 0.2) is 48.5 Å². The van der Waals surface area contributed by atoms with E-state index in [4.69, 9.17) is 19.6 Å². The maximum atomic E-state index is 6.33. The molecule has 0 saturated carbocycles. The number of benzene rings is 2. The van der Waals surface area contributed by atoms with Gasteiger partial charge in [-0.1, -0.05) is 75.7 Å². The number of aromatic amines is 1. The van der Waals surface area contributed by atoms with Crippen molar-refractivity contribution in [1.82, 2.24) is 35.4 Å². The van der Waals surface area contributed by atoms with E-state index in [-0.39, 0.29) is 6.04 Å². The van der Waals surface area contributed by atoms with Gasteiger partial charge < -0.3 is 9.47 Å². The van der Waals surface area contributed by atoms with Gasteiger partial charge in [-0.3, -0.25) is 0 Å². The number of aromatic nitrogens is 7. The Morgan fingerprint density at radius 1 is 0.895 bits per heavy atom. The monoisotopic (exact) mass is 517 g/mol. The highest BCUT2D eigenvalue weighted by Gasteiger charge is 2.39. The Morgan fingerprint density at radius 2 is 1.58 bits per heavy atom. The van der Waals surface area contributed by atoms with E-state index in [1.54, 1.807) is 0 Å². The summed E-state index contributed by atoms with van der Waals surface area (Å²) in [5.74, 6) is 1.18. The van der Waals surface area contributed by atoms with Gasteiger partial charge >= 0.3 is 0 Å². The van der Waals surface area contributed by atoms with Crippen molar-refractivity contribution in [3.63, 3.8) is 0 Å². The standard InChI is InChI=1S/C29H39N7O2/c1-6-17-29(37-18-7-2,38-19-8-3)28-30-26(36(33-28)21(4)5)20-22-13-15-23(16-14-22)24-11-9-10-12-25(24)27-31-34-35-32-27/h9-16,21H,6-8,17-20H2,1-5H3,(H,31,32,34,35). The van der Waals surface area contributed by atoms with Crippen LogP contribution in [0.3, 0.4) is 0 Å². The molecule has 1 N–H and O–H groups in total. The van der Waals surface area contributed by atoms with Crippen LogP contribution < -0.4 is 0 Å². The first kappa shape index (κ1) is 27.6. The number of H-pyrrole nitrogens is 1. The molecule has 0 bridgehead atoms. The molecule has 9 heteroatoms. The third kappa shape index (κ3) is 6.16. The second-order valence-electron chi connectivity index (χ2n) is 9.74. The fourth-order valence-corrected chi connectivity index (χ4v) is 4.53. The lowest BCUT2D eigenvalue weighted by Gasteiger charge is -2.31. The fourth-order valence-electron chi connectivity index (χ4n) is 4.53. The van der Waals surface area contributed by atoms with Crippen LogP contribution in [0, 0.1) is 0 Å². The molecule has 9 nitrogen and oxygen atoms in total.